The van der Waals surface area contributed by atoms with Crippen LogP contribution in [0.5, 0.6) is 11.6 Å². The zero-order valence-electron chi connectivity index (χ0n) is 18.2. The molecule has 160 valence electrons. The minimum Gasteiger partial charge on any atom is -0.497 e. The van der Waals surface area contributed by atoms with Crippen molar-refractivity contribution in [2.24, 2.45) is 4.99 Å². The average Bonchev–Trinajstić information content (AvgIpc) is 2.81. The van der Waals surface area contributed by atoms with Crippen LogP contribution in [0.3, 0.4) is 0 Å². The van der Waals surface area contributed by atoms with Crippen LogP contribution in [0.4, 0.5) is 0 Å². The molecular formula is C24H26N4O3. The van der Waals surface area contributed by atoms with Crippen LogP contribution < -0.4 is 14.8 Å². The normalized spacial score (nSPS) is 11.5. The lowest BCUT2D eigenvalue weighted by atomic mass is 10.1. The zero-order chi connectivity index (χ0) is 22.4. The summed E-state index contributed by atoms with van der Waals surface area (Å²) < 4.78 is 10.5. The van der Waals surface area contributed by atoms with Crippen LogP contribution in [0, 0.1) is 0 Å². The molecule has 0 saturated heterocycles. The highest BCUT2D eigenvalue weighted by molar-refractivity contribution is 6.07. The molecule has 3 rings (SSSR count). The van der Waals surface area contributed by atoms with Crippen molar-refractivity contribution in [1.82, 2.24) is 15.2 Å². The molecular weight excluding hydrogens is 392 g/mol. The molecule has 7 heteroatoms. The van der Waals surface area contributed by atoms with Gasteiger partial charge in [0.1, 0.15) is 5.75 Å². The second-order valence-electron chi connectivity index (χ2n) is 6.98. The molecule has 0 spiro atoms. The highest BCUT2D eigenvalue weighted by Gasteiger charge is 2.16. The maximum Gasteiger partial charge on any atom is 0.257 e. The van der Waals surface area contributed by atoms with E-state index in [1.165, 1.54) is 7.11 Å². The van der Waals surface area contributed by atoms with Crippen LogP contribution in [0.2, 0.25) is 0 Å². The molecule has 0 unspecified atom stereocenters. The fourth-order valence-electron chi connectivity index (χ4n) is 3.17. The summed E-state index contributed by atoms with van der Waals surface area (Å²) in [5.41, 5.74) is 3.01. The lowest BCUT2D eigenvalue weighted by Gasteiger charge is -2.22. The number of carbonyl (C=O) groups is 1. The van der Waals surface area contributed by atoms with Crippen LogP contribution in [0.15, 0.2) is 71.1 Å². The molecule has 31 heavy (non-hydrogen) atoms. The SMILES string of the molecule is C=N/C(NC(=O)c1cc(OC)nc2ccccc12)=C(/C)N(C)Cc1ccc(OC)cc1. The molecule has 0 radical (unpaired) electrons. The molecule has 3 aromatic rings. The average molecular weight is 418 g/mol. The first-order valence-electron chi connectivity index (χ1n) is 9.73. The van der Waals surface area contributed by atoms with Crippen molar-refractivity contribution in [3.63, 3.8) is 0 Å². The van der Waals surface area contributed by atoms with Gasteiger partial charge in [0.05, 0.1) is 31.0 Å². The summed E-state index contributed by atoms with van der Waals surface area (Å²) in [4.78, 5) is 23.5. The van der Waals surface area contributed by atoms with Crippen molar-refractivity contribution >= 4 is 23.5 Å². The van der Waals surface area contributed by atoms with E-state index in [1.807, 2.05) is 67.4 Å². The fourth-order valence-corrected chi connectivity index (χ4v) is 3.17. The number of benzene rings is 2. The van der Waals surface area contributed by atoms with Gasteiger partial charge in [0.15, 0.2) is 5.82 Å². The number of allylic oxidation sites excluding steroid dienone is 1. The Hall–Kier alpha value is -3.87. The van der Waals surface area contributed by atoms with E-state index in [1.54, 1.807) is 13.2 Å². The number of methoxy groups -OCH3 is 2. The summed E-state index contributed by atoms with van der Waals surface area (Å²) in [7, 11) is 5.09. The Bertz CT molecular complexity index is 1120. The minimum atomic E-state index is -0.309. The molecule has 0 bridgehead atoms. The van der Waals surface area contributed by atoms with Gasteiger partial charge < -0.3 is 19.7 Å². The number of para-hydroxylation sites is 1. The summed E-state index contributed by atoms with van der Waals surface area (Å²) in [6.07, 6.45) is 0. The number of amides is 1. The Labute approximate surface area is 182 Å². The number of pyridine rings is 1. The maximum absolute atomic E-state index is 13.1. The van der Waals surface area contributed by atoms with Gasteiger partial charge in [-0.15, -0.1) is 0 Å². The molecule has 7 nitrogen and oxygen atoms in total. The number of aliphatic imine (C=N–C) groups is 1. The Morgan fingerprint density at radius 3 is 2.48 bits per heavy atom. The number of fused-ring (bicyclic) bond motifs is 1. The topological polar surface area (TPSA) is 76.0 Å². The highest BCUT2D eigenvalue weighted by Crippen LogP contribution is 2.23. The predicted octanol–water partition coefficient (Wildman–Crippen LogP) is 4.00. The van der Waals surface area contributed by atoms with Crippen molar-refractivity contribution in [1.29, 1.82) is 0 Å². The van der Waals surface area contributed by atoms with Crippen LogP contribution >= 0.6 is 0 Å². The van der Waals surface area contributed by atoms with Gasteiger partial charge in [-0.1, -0.05) is 30.3 Å². The third kappa shape index (κ3) is 5.01. The summed E-state index contributed by atoms with van der Waals surface area (Å²) >= 11 is 0. The van der Waals surface area contributed by atoms with E-state index in [0.717, 1.165) is 22.4 Å². The van der Waals surface area contributed by atoms with E-state index >= 15 is 0 Å². The molecule has 1 N–H and O–H groups in total. The molecule has 0 aliphatic rings. The first kappa shape index (κ1) is 21.8. The van der Waals surface area contributed by atoms with Crippen molar-refractivity contribution < 1.29 is 14.3 Å². The molecule has 1 heterocycles. The fraction of sp³-hybridized carbons (Fsp3) is 0.208. The molecule has 0 aliphatic heterocycles. The van der Waals surface area contributed by atoms with Crippen LogP contribution in [0.25, 0.3) is 10.9 Å². The third-order valence-electron chi connectivity index (χ3n) is 5.03. The summed E-state index contributed by atoms with van der Waals surface area (Å²) in [6.45, 7) is 6.16. The summed E-state index contributed by atoms with van der Waals surface area (Å²) in [6, 6.07) is 16.9. The van der Waals surface area contributed by atoms with Gasteiger partial charge in [-0.25, -0.2) is 9.98 Å². The largest absolute Gasteiger partial charge is 0.497 e. The first-order valence-corrected chi connectivity index (χ1v) is 9.73. The van der Waals surface area contributed by atoms with Gasteiger partial charge >= 0.3 is 0 Å². The van der Waals surface area contributed by atoms with Gasteiger partial charge in [-0.3, -0.25) is 4.79 Å². The molecule has 0 fully saturated rings. The van der Waals surface area contributed by atoms with Gasteiger partial charge in [0.2, 0.25) is 5.88 Å². The number of ether oxygens (including phenoxy) is 2. The zero-order valence-corrected chi connectivity index (χ0v) is 18.2. The molecule has 0 atom stereocenters. The van der Waals surface area contributed by atoms with E-state index in [-0.39, 0.29) is 5.91 Å². The van der Waals surface area contributed by atoms with Gasteiger partial charge in [-0.05, 0) is 37.4 Å². The quantitative estimate of drug-likeness (QED) is 0.560. The smallest absolute Gasteiger partial charge is 0.257 e. The van der Waals surface area contributed by atoms with Gasteiger partial charge in [-0.2, -0.15) is 0 Å². The number of nitrogens with one attached hydrogen (secondary N) is 1. The number of carbonyl (C=O) groups excluding carboxylic acids is 1. The Morgan fingerprint density at radius 1 is 1.13 bits per heavy atom. The molecule has 1 aromatic heterocycles. The van der Waals surface area contributed by atoms with Crippen LogP contribution in [-0.4, -0.2) is 43.8 Å². The predicted molar refractivity (Wildman–Crippen MR) is 122 cm³/mol. The minimum absolute atomic E-state index is 0.309. The van der Waals surface area contributed by atoms with Crippen LogP contribution in [0.1, 0.15) is 22.8 Å². The number of rotatable bonds is 8. The Kier molecular flexibility index (Phi) is 6.87. The summed E-state index contributed by atoms with van der Waals surface area (Å²) in [5.74, 6) is 1.26. The molecule has 0 aliphatic carbocycles. The van der Waals surface area contributed by atoms with E-state index in [9.17, 15) is 4.79 Å². The molecule has 2 aromatic carbocycles. The number of hydrogen-bond donors (Lipinski definition) is 1. The van der Waals surface area contributed by atoms with Gasteiger partial charge in [0, 0.05) is 25.0 Å². The second kappa shape index (κ2) is 9.75. The Balaban J connectivity index is 1.85. The van der Waals surface area contributed by atoms with E-state index in [2.05, 4.69) is 22.0 Å². The highest BCUT2D eigenvalue weighted by atomic mass is 16.5. The van der Waals surface area contributed by atoms with E-state index < -0.39 is 0 Å². The first-order chi connectivity index (χ1) is 15.0. The number of nitrogens with zero attached hydrogens (tertiary/aromatic N) is 3. The monoisotopic (exact) mass is 418 g/mol. The summed E-state index contributed by atoms with van der Waals surface area (Å²) in [5, 5.41) is 3.61. The second-order valence-corrected chi connectivity index (χ2v) is 6.98. The maximum atomic E-state index is 13.1. The van der Waals surface area contributed by atoms with Crippen molar-refractivity contribution in [3.8, 4) is 11.6 Å². The van der Waals surface area contributed by atoms with Crippen molar-refractivity contribution in [3.05, 3.63) is 77.2 Å². The lowest BCUT2D eigenvalue weighted by Crippen LogP contribution is -2.27. The number of hydrogen-bond acceptors (Lipinski definition) is 6. The van der Waals surface area contributed by atoms with Crippen molar-refractivity contribution in [2.75, 3.05) is 21.3 Å². The molecule has 0 saturated carbocycles. The number of aromatic nitrogens is 1. The standard InChI is InChI=1S/C24H26N4O3/c1-16(28(3)15-17-10-12-18(30-4)13-11-17)23(25-2)27-24(29)20-14-22(31-5)26-21-9-7-6-8-19(20)21/h6-14H,2,15H2,1,3-5H3,(H,27,29)/b23-16+. The van der Waals surface area contributed by atoms with Gasteiger partial charge in [0.25, 0.3) is 5.91 Å². The molecule has 1 amide bonds. The van der Waals surface area contributed by atoms with E-state index in [0.29, 0.717) is 29.3 Å². The van der Waals surface area contributed by atoms with Crippen LogP contribution in [-0.2, 0) is 6.54 Å². The van der Waals surface area contributed by atoms with E-state index in [4.69, 9.17) is 9.47 Å². The third-order valence-corrected chi connectivity index (χ3v) is 5.03. The Morgan fingerprint density at radius 2 is 1.84 bits per heavy atom. The van der Waals surface area contributed by atoms with Crippen molar-refractivity contribution in [2.45, 2.75) is 13.5 Å². The lowest BCUT2D eigenvalue weighted by molar-refractivity contribution is 0.0965.